The number of amides is 1. The Labute approximate surface area is 109 Å². The molecule has 1 aromatic carbocycles. The number of carbonyl (C=O) groups is 2. The van der Waals surface area contributed by atoms with Crippen molar-refractivity contribution in [3.63, 3.8) is 0 Å². The molecule has 0 radical (unpaired) electrons. The minimum Gasteiger partial charge on any atom is -0.345 e. The Kier molecular flexibility index (Phi) is 2.81. The summed E-state index contributed by atoms with van der Waals surface area (Å²) in [6, 6.07) is 3.11. The van der Waals surface area contributed by atoms with Crippen LogP contribution in [0.5, 0.6) is 0 Å². The Bertz CT molecular complexity index is 595. The average molecular weight is 260 g/mol. The van der Waals surface area contributed by atoms with Gasteiger partial charge in [0.1, 0.15) is 5.82 Å². The molecule has 0 saturated heterocycles. The average Bonchev–Trinajstić information content (AvgIpc) is 2.39. The Balaban J connectivity index is 1.97. The van der Waals surface area contributed by atoms with Crippen LogP contribution in [0.3, 0.4) is 0 Å². The fourth-order valence-electron chi connectivity index (χ4n) is 2.37. The predicted molar refractivity (Wildman–Crippen MR) is 69.5 cm³/mol. The summed E-state index contributed by atoms with van der Waals surface area (Å²) in [5, 5.41) is 2.67. The maximum Gasteiger partial charge on any atom is 0.224 e. The summed E-state index contributed by atoms with van der Waals surface area (Å²) in [7, 11) is 0. The van der Waals surface area contributed by atoms with Crippen LogP contribution >= 0.6 is 0 Å². The molecule has 2 aliphatic rings. The van der Waals surface area contributed by atoms with Gasteiger partial charge in [-0.1, -0.05) is 0 Å². The highest BCUT2D eigenvalue weighted by atomic mass is 19.1. The Morgan fingerprint density at radius 3 is 2.74 bits per heavy atom. The number of anilines is 2. The maximum absolute atomic E-state index is 14.1. The van der Waals surface area contributed by atoms with E-state index in [0.29, 0.717) is 37.2 Å². The molecule has 2 aliphatic heterocycles. The maximum atomic E-state index is 14.1. The summed E-state index contributed by atoms with van der Waals surface area (Å²) in [5.74, 6) is -0.412. The highest BCUT2D eigenvalue weighted by Crippen LogP contribution is 2.31. The lowest BCUT2D eigenvalue weighted by Crippen LogP contribution is -2.26. The van der Waals surface area contributed by atoms with E-state index in [-0.39, 0.29) is 17.5 Å². The Morgan fingerprint density at radius 2 is 2.00 bits per heavy atom. The third-order valence-electron chi connectivity index (χ3n) is 3.42. The first kappa shape index (κ1) is 11.9. The lowest BCUT2D eigenvalue weighted by Gasteiger charge is -2.26. The number of allylic oxidation sites excluding steroid dienone is 1. The van der Waals surface area contributed by atoms with Gasteiger partial charge in [0, 0.05) is 31.3 Å². The quantitative estimate of drug-likeness (QED) is 0.840. The zero-order valence-electron chi connectivity index (χ0n) is 10.3. The van der Waals surface area contributed by atoms with E-state index >= 15 is 0 Å². The molecule has 1 aromatic rings. The summed E-state index contributed by atoms with van der Waals surface area (Å²) in [4.78, 5) is 24.1. The number of nitrogens with zero attached hydrogens (tertiary/aromatic N) is 1. The molecular formula is C14H13FN2O2. The number of hydrogen-bond donors (Lipinski definition) is 1. The van der Waals surface area contributed by atoms with Crippen molar-refractivity contribution in [1.82, 2.24) is 0 Å². The molecule has 0 atom stereocenters. The molecule has 1 amide bonds. The topological polar surface area (TPSA) is 49.4 Å². The van der Waals surface area contributed by atoms with Crippen LogP contribution in [0.15, 0.2) is 24.4 Å². The number of hydrogen-bond acceptors (Lipinski definition) is 3. The van der Waals surface area contributed by atoms with Crippen molar-refractivity contribution in [2.24, 2.45) is 0 Å². The van der Waals surface area contributed by atoms with Gasteiger partial charge in [-0.15, -0.1) is 0 Å². The van der Waals surface area contributed by atoms with Crippen LogP contribution in [0.4, 0.5) is 15.8 Å². The molecule has 0 unspecified atom stereocenters. The zero-order valence-corrected chi connectivity index (χ0v) is 10.3. The van der Waals surface area contributed by atoms with E-state index in [0.717, 1.165) is 5.56 Å². The Hall–Kier alpha value is -2.17. The number of aryl methyl sites for hydroxylation is 1. The first-order valence-corrected chi connectivity index (χ1v) is 6.23. The summed E-state index contributed by atoms with van der Waals surface area (Å²) >= 11 is 0. The van der Waals surface area contributed by atoms with Gasteiger partial charge in [-0.05, 0) is 30.2 Å². The largest absolute Gasteiger partial charge is 0.345 e. The summed E-state index contributed by atoms with van der Waals surface area (Å²) in [5.41, 5.74) is 1.94. The lowest BCUT2D eigenvalue weighted by molar-refractivity contribution is -0.116. The minimum atomic E-state index is -0.389. The second-order valence-corrected chi connectivity index (χ2v) is 4.73. The molecule has 98 valence electrons. The molecular weight excluding hydrogens is 247 g/mol. The van der Waals surface area contributed by atoms with Crippen LogP contribution in [0, 0.1) is 5.82 Å². The van der Waals surface area contributed by atoms with Crippen molar-refractivity contribution in [2.75, 3.05) is 16.8 Å². The number of benzene rings is 1. The molecule has 0 aromatic heterocycles. The SMILES string of the molecule is O=C1C=CN(c2cc3c(cc2F)NC(=O)CC3)CC1. The van der Waals surface area contributed by atoms with Gasteiger partial charge in [-0.2, -0.15) is 0 Å². The van der Waals surface area contributed by atoms with Crippen molar-refractivity contribution < 1.29 is 14.0 Å². The molecule has 0 saturated carbocycles. The fourth-order valence-corrected chi connectivity index (χ4v) is 2.37. The summed E-state index contributed by atoms with van der Waals surface area (Å²) in [6.07, 6.45) is 4.50. The second kappa shape index (κ2) is 4.50. The molecule has 0 bridgehead atoms. The number of halogens is 1. The third kappa shape index (κ3) is 2.23. The van der Waals surface area contributed by atoms with Crippen LogP contribution in [0.25, 0.3) is 0 Å². The van der Waals surface area contributed by atoms with E-state index in [1.165, 1.54) is 12.1 Å². The fraction of sp³-hybridized carbons (Fsp3) is 0.286. The van der Waals surface area contributed by atoms with Crippen molar-refractivity contribution >= 4 is 23.1 Å². The highest BCUT2D eigenvalue weighted by molar-refractivity contribution is 5.94. The third-order valence-corrected chi connectivity index (χ3v) is 3.42. The number of carbonyl (C=O) groups excluding carboxylic acids is 2. The molecule has 19 heavy (non-hydrogen) atoms. The first-order valence-electron chi connectivity index (χ1n) is 6.23. The van der Waals surface area contributed by atoms with E-state index in [4.69, 9.17) is 0 Å². The minimum absolute atomic E-state index is 0.0573. The molecule has 0 fully saturated rings. The van der Waals surface area contributed by atoms with E-state index in [2.05, 4.69) is 5.32 Å². The van der Waals surface area contributed by atoms with Crippen LogP contribution in [-0.4, -0.2) is 18.2 Å². The van der Waals surface area contributed by atoms with E-state index < -0.39 is 0 Å². The molecule has 2 heterocycles. The van der Waals surface area contributed by atoms with Gasteiger partial charge in [0.2, 0.25) is 5.91 Å². The van der Waals surface area contributed by atoms with Gasteiger partial charge in [-0.25, -0.2) is 4.39 Å². The molecule has 0 spiro atoms. The van der Waals surface area contributed by atoms with E-state index in [1.807, 2.05) is 0 Å². The van der Waals surface area contributed by atoms with Crippen molar-refractivity contribution in [3.8, 4) is 0 Å². The first-order chi connectivity index (χ1) is 9.13. The van der Waals surface area contributed by atoms with Crippen LogP contribution in [0.2, 0.25) is 0 Å². The van der Waals surface area contributed by atoms with E-state index in [1.54, 1.807) is 17.2 Å². The van der Waals surface area contributed by atoms with Gasteiger partial charge < -0.3 is 10.2 Å². The second-order valence-electron chi connectivity index (χ2n) is 4.73. The molecule has 1 N–H and O–H groups in total. The number of ketones is 1. The smallest absolute Gasteiger partial charge is 0.224 e. The monoisotopic (exact) mass is 260 g/mol. The van der Waals surface area contributed by atoms with Gasteiger partial charge >= 0.3 is 0 Å². The van der Waals surface area contributed by atoms with Crippen LogP contribution in [-0.2, 0) is 16.0 Å². The normalized spacial score (nSPS) is 18.3. The number of rotatable bonds is 1. The van der Waals surface area contributed by atoms with Gasteiger partial charge in [-0.3, -0.25) is 9.59 Å². The van der Waals surface area contributed by atoms with Gasteiger partial charge in [0.05, 0.1) is 5.69 Å². The predicted octanol–water partition coefficient (Wildman–Crippen LogP) is 2.00. The number of fused-ring (bicyclic) bond motifs is 1. The van der Waals surface area contributed by atoms with Crippen LogP contribution in [0.1, 0.15) is 18.4 Å². The van der Waals surface area contributed by atoms with Crippen molar-refractivity contribution in [1.29, 1.82) is 0 Å². The molecule has 5 heteroatoms. The highest BCUT2D eigenvalue weighted by Gasteiger charge is 2.20. The Morgan fingerprint density at radius 1 is 1.16 bits per heavy atom. The van der Waals surface area contributed by atoms with E-state index in [9.17, 15) is 14.0 Å². The summed E-state index contributed by atoms with van der Waals surface area (Å²) < 4.78 is 14.1. The standard InChI is InChI=1S/C14H13FN2O2/c15-11-8-12-9(1-2-14(19)16-12)7-13(11)17-5-3-10(18)4-6-17/h3,5,7-8H,1-2,4,6H2,(H,16,19). The number of nitrogens with one attached hydrogen (secondary N) is 1. The zero-order chi connectivity index (χ0) is 13.4. The van der Waals surface area contributed by atoms with Crippen molar-refractivity contribution in [3.05, 3.63) is 35.8 Å². The van der Waals surface area contributed by atoms with Gasteiger partial charge in [0.25, 0.3) is 0 Å². The lowest BCUT2D eigenvalue weighted by atomic mass is 10.0. The summed E-state index contributed by atoms with van der Waals surface area (Å²) in [6.45, 7) is 0.484. The molecule has 4 nitrogen and oxygen atoms in total. The molecule has 3 rings (SSSR count). The molecule has 0 aliphatic carbocycles. The van der Waals surface area contributed by atoms with Crippen LogP contribution < -0.4 is 10.2 Å². The van der Waals surface area contributed by atoms with Crippen molar-refractivity contribution in [2.45, 2.75) is 19.3 Å². The van der Waals surface area contributed by atoms with Gasteiger partial charge in [0.15, 0.2) is 5.78 Å².